The highest BCUT2D eigenvalue weighted by molar-refractivity contribution is 5.46. The van der Waals surface area contributed by atoms with Gasteiger partial charge in [-0.25, -0.2) is 13.2 Å². The molecule has 0 saturated heterocycles. The van der Waals surface area contributed by atoms with Gasteiger partial charge in [0.2, 0.25) is 0 Å². The maximum Gasteiger partial charge on any atom is 0.194 e. The van der Waals surface area contributed by atoms with Crippen LogP contribution in [0.25, 0.3) is 0 Å². The molecule has 1 saturated carbocycles. The van der Waals surface area contributed by atoms with Gasteiger partial charge in [-0.05, 0) is 29.9 Å². The summed E-state index contributed by atoms with van der Waals surface area (Å²) in [4.78, 5) is 0. The first-order valence-corrected chi connectivity index (χ1v) is 6.61. The van der Waals surface area contributed by atoms with Crippen LogP contribution in [0, 0.1) is 17.5 Å². The molecule has 0 aromatic heterocycles. The zero-order valence-electron chi connectivity index (χ0n) is 10.8. The highest BCUT2D eigenvalue weighted by atomic mass is 19.2. The number of benzene rings is 2. The summed E-state index contributed by atoms with van der Waals surface area (Å²) in [6.07, 6.45) is 2.38. The van der Waals surface area contributed by atoms with E-state index in [1.807, 2.05) is 18.2 Å². The van der Waals surface area contributed by atoms with Crippen molar-refractivity contribution < 1.29 is 13.2 Å². The van der Waals surface area contributed by atoms with Crippen molar-refractivity contribution in [3.05, 3.63) is 65.0 Å². The van der Waals surface area contributed by atoms with E-state index in [0.29, 0.717) is 12.5 Å². The first-order chi connectivity index (χ1) is 9.65. The summed E-state index contributed by atoms with van der Waals surface area (Å²) in [5.74, 6) is -3.19. The van der Waals surface area contributed by atoms with E-state index in [0.717, 1.165) is 17.7 Å². The summed E-state index contributed by atoms with van der Waals surface area (Å²) in [6, 6.07) is 9.96. The molecule has 104 valence electrons. The Hall–Kier alpha value is -1.97. The third-order valence-electron chi connectivity index (χ3n) is 3.54. The molecule has 0 bridgehead atoms. The second kappa shape index (κ2) is 5.19. The van der Waals surface area contributed by atoms with E-state index in [2.05, 4.69) is 11.4 Å². The summed E-state index contributed by atoms with van der Waals surface area (Å²) >= 11 is 0. The molecule has 4 heteroatoms. The van der Waals surface area contributed by atoms with Crippen molar-refractivity contribution in [3.63, 3.8) is 0 Å². The van der Waals surface area contributed by atoms with E-state index in [1.54, 1.807) is 0 Å². The molecule has 2 aromatic rings. The molecule has 1 aliphatic rings. The quantitative estimate of drug-likeness (QED) is 0.806. The second-order valence-electron chi connectivity index (χ2n) is 5.08. The molecule has 2 aromatic carbocycles. The van der Waals surface area contributed by atoms with Crippen LogP contribution in [-0.4, -0.2) is 0 Å². The molecule has 20 heavy (non-hydrogen) atoms. The van der Waals surface area contributed by atoms with Crippen LogP contribution in [-0.2, 0) is 6.54 Å². The van der Waals surface area contributed by atoms with Crippen LogP contribution in [0.5, 0.6) is 0 Å². The summed E-state index contributed by atoms with van der Waals surface area (Å²) in [7, 11) is 0. The van der Waals surface area contributed by atoms with Gasteiger partial charge in [-0.3, -0.25) is 0 Å². The minimum atomic E-state index is -1.44. The zero-order chi connectivity index (χ0) is 14.1. The highest BCUT2D eigenvalue weighted by Gasteiger charge is 2.25. The monoisotopic (exact) mass is 277 g/mol. The van der Waals surface area contributed by atoms with Crippen molar-refractivity contribution in [2.45, 2.75) is 25.3 Å². The Morgan fingerprint density at radius 2 is 1.65 bits per heavy atom. The Morgan fingerprint density at radius 3 is 2.30 bits per heavy atom. The number of hydrogen-bond donors (Lipinski definition) is 1. The normalized spacial score (nSPS) is 14.3. The molecule has 0 radical (unpaired) electrons. The number of rotatable bonds is 4. The SMILES string of the molecule is Fc1cc(NCc2ccccc2C2CC2)cc(F)c1F. The predicted octanol–water partition coefficient (Wildman–Crippen LogP) is 4.59. The van der Waals surface area contributed by atoms with Crippen molar-refractivity contribution in [3.8, 4) is 0 Å². The van der Waals surface area contributed by atoms with Crippen LogP contribution in [0.4, 0.5) is 18.9 Å². The fourth-order valence-electron chi connectivity index (χ4n) is 2.34. The Kier molecular flexibility index (Phi) is 3.38. The van der Waals surface area contributed by atoms with Gasteiger partial charge >= 0.3 is 0 Å². The van der Waals surface area contributed by atoms with E-state index in [-0.39, 0.29) is 5.69 Å². The summed E-state index contributed by atoms with van der Waals surface area (Å²) in [6.45, 7) is 0.469. The Labute approximate surface area is 115 Å². The van der Waals surface area contributed by atoms with Crippen molar-refractivity contribution in [2.24, 2.45) is 0 Å². The smallest absolute Gasteiger partial charge is 0.194 e. The van der Waals surface area contributed by atoms with Crippen LogP contribution in [0.15, 0.2) is 36.4 Å². The van der Waals surface area contributed by atoms with E-state index >= 15 is 0 Å². The van der Waals surface area contributed by atoms with Crippen LogP contribution < -0.4 is 5.32 Å². The molecule has 0 heterocycles. The molecule has 0 aliphatic heterocycles. The Balaban J connectivity index is 1.77. The molecule has 1 nitrogen and oxygen atoms in total. The van der Waals surface area contributed by atoms with Gasteiger partial charge in [-0.2, -0.15) is 0 Å². The van der Waals surface area contributed by atoms with Crippen molar-refractivity contribution in [1.29, 1.82) is 0 Å². The average molecular weight is 277 g/mol. The molecule has 0 spiro atoms. The average Bonchev–Trinajstić information content (AvgIpc) is 3.27. The van der Waals surface area contributed by atoms with Gasteiger partial charge in [0.05, 0.1) is 0 Å². The maximum absolute atomic E-state index is 13.1. The standard InChI is InChI=1S/C16H14F3N/c17-14-7-12(8-15(18)16(14)19)20-9-11-3-1-2-4-13(11)10-5-6-10/h1-4,7-8,10,20H,5-6,9H2. The fourth-order valence-corrected chi connectivity index (χ4v) is 2.34. The molecule has 0 atom stereocenters. The Morgan fingerprint density at radius 1 is 1.00 bits per heavy atom. The number of anilines is 1. The van der Waals surface area contributed by atoms with Crippen molar-refractivity contribution in [1.82, 2.24) is 0 Å². The number of halogens is 3. The minimum absolute atomic E-state index is 0.243. The van der Waals surface area contributed by atoms with Crippen molar-refractivity contribution in [2.75, 3.05) is 5.32 Å². The van der Waals surface area contributed by atoms with Crippen LogP contribution in [0.1, 0.15) is 29.9 Å². The molecular weight excluding hydrogens is 263 g/mol. The summed E-state index contributed by atoms with van der Waals surface area (Å²) < 4.78 is 39.1. The minimum Gasteiger partial charge on any atom is -0.381 e. The van der Waals surface area contributed by atoms with Gasteiger partial charge < -0.3 is 5.32 Å². The maximum atomic E-state index is 13.1. The first kappa shape index (κ1) is 13.0. The lowest BCUT2D eigenvalue weighted by Crippen LogP contribution is -2.04. The van der Waals surface area contributed by atoms with Gasteiger partial charge in [-0.15, -0.1) is 0 Å². The molecular formula is C16H14F3N. The third kappa shape index (κ3) is 2.64. The molecule has 1 aliphatic carbocycles. The summed E-state index contributed by atoms with van der Waals surface area (Å²) in [5, 5.41) is 2.95. The van der Waals surface area contributed by atoms with Crippen LogP contribution in [0.2, 0.25) is 0 Å². The lowest BCUT2D eigenvalue weighted by atomic mass is 10.0. The highest BCUT2D eigenvalue weighted by Crippen LogP contribution is 2.41. The largest absolute Gasteiger partial charge is 0.381 e. The van der Waals surface area contributed by atoms with Gasteiger partial charge in [-0.1, -0.05) is 24.3 Å². The van der Waals surface area contributed by atoms with Crippen LogP contribution in [0.3, 0.4) is 0 Å². The summed E-state index contributed by atoms with van der Waals surface area (Å²) in [5.41, 5.74) is 2.63. The molecule has 1 fully saturated rings. The van der Waals surface area contributed by atoms with E-state index in [1.165, 1.54) is 18.4 Å². The topological polar surface area (TPSA) is 12.0 Å². The molecule has 0 unspecified atom stereocenters. The number of nitrogens with one attached hydrogen (secondary N) is 1. The first-order valence-electron chi connectivity index (χ1n) is 6.61. The van der Waals surface area contributed by atoms with Gasteiger partial charge in [0.25, 0.3) is 0 Å². The molecule has 0 amide bonds. The van der Waals surface area contributed by atoms with Gasteiger partial charge in [0.15, 0.2) is 17.5 Å². The Bertz CT molecular complexity index is 612. The van der Waals surface area contributed by atoms with E-state index in [4.69, 9.17) is 0 Å². The third-order valence-corrected chi connectivity index (χ3v) is 3.54. The van der Waals surface area contributed by atoms with Crippen LogP contribution >= 0.6 is 0 Å². The van der Waals surface area contributed by atoms with Crippen molar-refractivity contribution >= 4 is 5.69 Å². The lowest BCUT2D eigenvalue weighted by molar-refractivity contribution is 0.447. The zero-order valence-corrected chi connectivity index (χ0v) is 10.8. The number of hydrogen-bond acceptors (Lipinski definition) is 1. The second-order valence-corrected chi connectivity index (χ2v) is 5.08. The van der Waals surface area contributed by atoms with E-state index < -0.39 is 17.5 Å². The fraction of sp³-hybridized carbons (Fsp3) is 0.250. The lowest BCUT2D eigenvalue weighted by Gasteiger charge is -2.11. The molecule has 3 rings (SSSR count). The van der Waals surface area contributed by atoms with Gasteiger partial charge in [0, 0.05) is 24.4 Å². The van der Waals surface area contributed by atoms with Gasteiger partial charge in [0.1, 0.15) is 0 Å². The van der Waals surface area contributed by atoms with E-state index in [9.17, 15) is 13.2 Å². The predicted molar refractivity (Wildman–Crippen MR) is 72.1 cm³/mol. The molecule has 1 N–H and O–H groups in total.